The Labute approximate surface area is 173 Å². The van der Waals surface area contributed by atoms with Crippen LogP contribution in [-0.2, 0) is 4.79 Å². The van der Waals surface area contributed by atoms with Gasteiger partial charge >= 0.3 is 0 Å². The number of hydrogen-bond donors (Lipinski definition) is 1. The van der Waals surface area contributed by atoms with Gasteiger partial charge in [-0.15, -0.1) is 0 Å². The molecule has 7 heteroatoms. The van der Waals surface area contributed by atoms with Crippen molar-refractivity contribution in [3.8, 4) is 5.75 Å². The van der Waals surface area contributed by atoms with Crippen molar-refractivity contribution < 1.29 is 23.1 Å². The molecule has 0 radical (unpaired) electrons. The molecule has 1 amide bonds. The zero-order valence-electron chi connectivity index (χ0n) is 16.8. The van der Waals surface area contributed by atoms with Gasteiger partial charge in [-0.25, -0.2) is 13.2 Å². The van der Waals surface area contributed by atoms with Crippen molar-refractivity contribution in [1.82, 2.24) is 9.80 Å². The Morgan fingerprint density at radius 2 is 1.70 bits per heavy atom. The smallest absolute Gasteiger partial charge is 0.267 e. The maximum atomic E-state index is 15.0. The summed E-state index contributed by atoms with van der Waals surface area (Å²) in [6.07, 6.45) is 0.749. The molecule has 2 heterocycles. The highest BCUT2D eigenvalue weighted by atomic mass is 19.3. The molecule has 1 N–H and O–H groups in total. The van der Waals surface area contributed by atoms with Crippen LogP contribution in [0.5, 0.6) is 5.75 Å². The molecule has 0 aliphatic carbocycles. The van der Waals surface area contributed by atoms with Crippen LogP contribution >= 0.6 is 0 Å². The summed E-state index contributed by atoms with van der Waals surface area (Å²) in [4.78, 5) is 16.3. The quantitative estimate of drug-likeness (QED) is 0.804. The van der Waals surface area contributed by atoms with Gasteiger partial charge in [0.05, 0.1) is 24.5 Å². The Kier molecular flexibility index (Phi) is 5.49. The molecule has 2 saturated heterocycles. The van der Waals surface area contributed by atoms with Gasteiger partial charge in [0.1, 0.15) is 11.6 Å². The first kappa shape index (κ1) is 20.7. The molecule has 2 aliphatic heterocycles. The summed E-state index contributed by atoms with van der Waals surface area (Å²) in [5.41, 5.74) is 1.32. The Hall–Kier alpha value is -2.54. The van der Waals surface area contributed by atoms with Crippen molar-refractivity contribution in [2.75, 3.05) is 19.6 Å². The summed E-state index contributed by atoms with van der Waals surface area (Å²) in [7, 11) is 0. The lowest BCUT2D eigenvalue weighted by Crippen LogP contribution is -2.53. The van der Waals surface area contributed by atoms with Gasteiger partial charge in [0.2, 0.25) is 5.91 Å². The lowest BCUT2D eigenvalue weighted by Gasteiger charge is -2.40. The van der Waals surface area contributed by atoms with Crippen LogP contribution in [0.3, 0.4) is 0 Å². The number of halogens is 3. The summed E-state index contributed by atoms with van der Waals surface area (Å²) >= 11 is 0. The second-order valence-corrected chi connectivity index (χ2v) is 8.23. The van der Waals surface area contributed by atoms with E-state index in [0.29, 0.717) is 25.1 Å². The molecule has 0 aromatic heterocycles. The number of likely N-dealkylation sites (tertiary alicyclic amines) is 2. The molecule has 160 valence electrons. The lowest BCUT2D eigenvalue weighted by molar-refractivity contribution is -0.139. The van der Waals surface area contributed by atoms with Gasteiger partial charge in [-0.05, 0) is 61.7 Å². The molecule has 0 bridgehead atoms. The number of phenolic OH excluding ortho intramolecular Hbond substituents is 1. The molecule has 0 spiro atoms. The van der Waals surface area contributed by atoms with Gasteiger partial charge < -0.3 is 10.0 Å². The van der Waals surface area contributed by atoms with E-state index in [1.807, 2.05) is 6.92 Å². The van der Waals surface area contributed by atoms with Crippen LogP contribution < -0.4 is 0 Å². The molecule has 4 rings (SSSR count). The monoisotopic (exact) mass is 418 g/mol. The zero-order valence-corrected chi connectivity index (χ0v) is 16.8. The van der Waals surface area contributed by atoms with Crippen molar-refractivity contribution in [2.45, 2.75) is 43.7 Å². The molecule has 4 nitrogen and oxygen atoms in total. The average Bonchev–Trinajstić information content (AvgIpc) is 3.09. The number of amides is 1. The predicted molar refractivity (Wildman–Crippen MR) is 107 cm³/mol. The van der Waals surface area contributed by atoms with E-state index < -0.39 is 24.4 Å². The van der Waals surface area contributed by atoms with Crippen LogP contribution in [0.4, 0.5) is 13.2 Å². The van der Waals surface area contributed by atoms with E-state index in [2.05, 4.69) is 0 Å². The van der Waals surface area contributed by atoms with E-state index in [1.165, 1.54) is 36.4 Å². The van der Waals surface area contributed by atoms with Crippen molar-refractivity contribution in [3.05, 3.63) is 65.5 Å². The van der Waals surface area contributed by atoms with E-state index in [-0.39, 0.29) is 29.9 Å². The van der Waals surface area contributed by atoms with E-state index in [1.54, 1.807) is 21.9 Å². The maximum Gasteiger partial charge on any atom is 0.267 e. The largest absolute Gasteiger partial charge is 0.508 e. The molecule has 2 aliphatic rings. The summed E-state index contributed by atoms with van der Waals surface area (Å²) in [6.45, 7) is 2.31. The minimum absolute atomic E-state index is 0.0476. The van der Waals surface area contributed by atoms with Crippen LogP contribution in [0.1, 0.15) is 42.9 Å². The van der Waals surface area contributed by atoms with Gasteiger partial charge in [0.25, 0.3) is 5.92 Å². The van der Waals surface area contributed by atoms with E-state index in [0.717, 1.165) is 5.56 Å². The maximum absolute atomic E-state index is 15.0. The molecular formula is C23H25F3N2O2. The topological polar surface area (TPSA) is 43.8 Å². The first-order valence-corrected chi connectivity index (χ1v) is 10.2. The number of alkyl halides is 2. The van der Waals surface area contributed by atoms with Gasteiger partial charge in [-0.2, -0.15) is 0 Å². The number of benzene rings is 2. The predicted octanol–water partition coefficient (Wildman–Crippen LogP) is 4.32. The van der Waals surface area contributed by atoms with Crippen molar-refractivity contribution in [2.24, 2.45) is 0 Å². The summed E-state index contributed by atoms with van der Waals surface area (Å²) in [5, 5.41) is 9.41. The second kappa shape index (κ2) is 7.95. The van der Waals surface area contributed by atoms with Gasteiger partial charge in [0.15, 0.2) is 0 Å². The normalized spacial score (nSPS) is 25.5. The molecule has 0 saturated carbocycles. The highest BCUT2D eigenvalue weighted by molar-refractivity contribution is 5.84. The van der Waals surface area contributed by atoms with Crippen LogP contribution in [0.15, 0.2) is 48.5 Å². The first-order chi connectivity index (χ1) is 14.3. The summed E-state index contributed by atoms with van der Waals surface area (Å²) in [5.74, 6) is -4.33. The van der Waals surface area contributed by atoms with Gasteiger partial charge in [-0.3, -0.25) is 9.69 Å². The van der Waals surface area contributed by atoms with Crippen LogP contribution in [-0.4, -0.2) is 52.4 Å². The fourth-order valence-electron chi connectivity index (χ4n) is 4.68. The summed E-state index contributed by atoms with van der Waals surface area (Å²) in [6, 6.07) is 11.2. The summed E-state index contributed by atoms with van der Waals surface area (Å²) < 4.78 is 43.1. The Morgan fingerprint density at radius 1 is 1.03 bits per heavy atom. The number of piperidine rings is 1. The number of rotatable bonds is 4. The van der Waals surface area contributed by atoms with Gasteiger partial charge in [-0.1, -0.05) is 24.3 Å². The Bertz CT molecular complexity index is 902. The number of hydrogen-bond acceptors (Lipinski definition) is 3. The number of aromatic hydroxyl groups is 1. The van der Waals surface area contributed by atoms with E-state index in [9.17, 15) is 23.1 Å². The molecule has 2 fully saturated rings. The molecular weight excluding hydrogens is 393 g/mol. The number of carbonyl (C=O) groups excluding carboxylic acids is 1. The Balaban J connectivity index is 1.44. The average molecular weight is 418 g/mol. The minimum Gasteiger partial charge on any atom is -0.508 e. The molecule has 3 unspecified atom stereocenters. The molecule has 2 aromatic rings. The number of carbonyl (C=O) groups is 1. The van der Waals surface area contributed by atoms with E-state index in [4.69, 9.17) is 0 Å². The van der Waals surface area contributed by atoms with Crippen molar-refractivity contribution >= 4 is 5.91 Å². The van der Waals surface area contributed by atoms with E-state index >= 15 is 0 Å². The Morgan fingerprint density at radius 3 is 2.33 bits per heavy atom. The zero-order chi connectivity index (χ0) is 21.5. The minimum atomic E-state index is -2.97. The standard InChI is InChI=1S/C23H25F3N2O2/c1-15(16-2-6-18(24)7-3-16)28-13-11-21(22(28)30)27-12-10-20(23(25,26)14-27)17-4-8-19(29)9-5-17/h2-9,15,20-21,29H,10-14H2,1H3. The first-order valence-electron chi connectivity index (χ1n) is 10.2. The lowest BCUT2D eigenvalue weighted by atomic mass is 9.85. The highest BCUT2D eigenvalue weighted by Crippen LogP contribution is 2.42. The molecule has 3 atom stereocenters. The fraction of sp³-hybridized carbons (Fsp3) is 0.435. The third-order valence-corrected chi connectivity index (χ3v) is 6.40. The highest BCUT2D eigenvalue weighted by Gasteiger charge is 2.49. The second-order valence-electron chi connectivity index (χ2n) is 8.23. The molecule has 2 aromatic carbocycles. The SMILES string of the molecule is CC(c1ccc(F)cc1)N1CCC(N2CCC(c3ccc(O)cc3)C(F)(F)C2)C1=O. The van der Waals surface area contributed by atoms with Crippen molar-refractivity contribution in [3.63, 3.8) is 0 Å². The van der Waals surface area contributed by atoms with Gasteiger partial charge in [0, 0.05) is 6.54 Å². The third-order valence-electron chi connectivity index (χ3n) is 6.40. The number of nitrogens with zero attached hydrogens (tertiary/aromatic N) is 2. The third kappa shape index (κ3) is 3.90. The van der Waals surface area contributed by atoms with Crippen LogP contribution in [0.25, 0.3) is 0 Å². The fourth-order valence-corrected chi connectivity index (χ4v) is 4.68. The van der Waals surface area contributed by atoms with Crippen molar-refractivity contribution in [1.29, 1.82) is 0 Å². The van der Waals surface area contributed by atoms with Crippen LogP contribution in [0.2, 0.25) is 0 Å². The van der Waals surface area contributed by atoms with Crippen LogP contribution in [0, 0.1) is 5.82 Å². The molecule has 30 heavy (non-hydrogen) atoms. The number of phenols is 1.